The molecule has 0 aliphatic heterocycles. The summed E-state index contributed by atoms with van der Waals surface area (Å²) in [6, 6.07) is 4.84. The van der Waals surface area contributed by atoms with E-state index in [2.05, 4.69) is 10.3 Å². The highest BCUT2D eigenvalue weighted by Gasteiger charge is 2.10. The van der Waals surface area contributed by atoms with Gasteiger partial charge in [0, 0.05) is 29.4 Å². The Kier molecular flexibility index (Phi) is 4.75. The van der Waals surface area contributed by atoms with E-state index < -0.39 is 0 Å². The van der Waals surface area contributed by atoms with E-state index in [4.69, 9.17) is 23.2 Å². The van der Waals surface area contributed by atoms with Crippen LogP contribution in [-0.2, 0) is 11.3 Å². The first-order valence-electron chi connectivity index (χ1n) is 6.39. The van der Waals surface area contributed by atoms with Crippen molar-refractivity contribution in [1.29, 1.82) is 0 Å². The van der Waals surface area contributed by atoms with Crippen LogP contribution in [0.5, 0.6) is 0 Å². The lowest BCUT2D eigenvalue weighted by Gasteiger charge is -2.08. The zero-order valence-corrected chi connectivity index (χ0v) is 13.2. The van der Waals surface area contributed by atoms with Crippen molar-refractivity contribution in [3.8, 4) is 0 Å². The van der Waals surface area contributed by atoms with Crippen LogP contribution in [0.25, 0.3) is 0 Å². The summed E-state index contributed by atoms with van der Waals surface area (Å²) in [6.45, 7) is 3.96. The van der Waals surface area contributed by atoms with Gasteiger partial charge in [-0.1, -0.05) is 23.2 Å². The van der Waals surface area contributed by atoms with Crippen LogP contribution >= 0.6 is 23.2 Å². The first kappa shape index (κ1) is 15.7. The Bertz CT molecular complexity index is 734. The van der Waals surface area contributed by atoms with Crippen molar-refractivity contribution >= 4 is 34.8 Å². The number of nitrogens with one attached hydrogen (secondary N) is 2. The molecule has 0 radical (unpaired) electrons. The number of aromatic amines is 1. The van der Waals surface area contributed by atoms with Gasteiger partial charge < -0.3 is 10.3 Å². The largest absolute Gasteiger partial charge is 0.325 e. The maximum absolute atomic E-state index is 11.9. The van der Waals surface area contributed by atoms with Gasteiger partial charge in [0.2, 0.25) is 5.91 Å². The predicted octanol–water partition coefficient (Wildman–Crippen LogP) is 3.13. The number of carbonyl (C=O) groups excluding carboxylic acids is 1. The normalized spacial score (nSPS) is 10.7. The van der Waals surface area contributed by atoms with Crippen molar-refractivity contribution in [2.24, 2.45) is 0 Å². The zero-order chi connectivity index (χ0) is 15.6. The van der Waals surface area contributed by atoms with Crippen LogP contribution in [-0.4, -0.2) is 15.5 Å². The lowest BCUT2D eigenvalue weighted by Crippen LogP contribution is -2.22. The molecule has 0 spiro atoms. The molecule has 1 amide bonds. The number of aromatic nitrogens is 2. The van der Waals surface area contributed by atoms with Crippen LogP contribution in [0, 0.1) is 13.8 Å². The summed E-state index contributed by atoms with van der Waals surface area (Å²) < 4.78 is 1.54. The Labute approximate surface area is 131 Å². The van der Waals surface area contributed by atoms with Crippen molar-refractivity contribution in [3.63, 3.8) is 0 Å². The Morgan fingerprint density at radius 2 is 2.05 bits per heavy atom. The number of imidazole rings is 1. The van der Waals surface area contributed by atoms with E-state index in [0.717, 1.165) is 11.4 Å². The summed E-state index contributed by atoms with van der Waals surface area (Å²) in [4.78, 5) is 26.3. The van der Waals surface area contributed by atoms with E-state index in [9.17, 15) is 9.59 Å². The molecule has 0 aliphatic rings. The molecule has 21 heavy (non-hydrogen) atoms. The minimum Gasteiger partial charge on any atom is -0.325 e. The minimum absolute atomic E-state index is 0.168. The topological polar surface area (TPSA) is 66.9 Å². The zero-order valence-electron chi connectivity index (χ0n) is 11.7. The quantitative estimate of drug-likeness (QED) is 0.905. The van der Waals surface area contributed by atoms with Crippen LogP contribution < -0.4 is 11.0 Å². The van der Waals surface area contributed by atoms with Crippen LogP contribution in [0.3, 0.4) is 0 Å². The Hall–Kier alpha value is -1.72. The number of H-pyrrole nitrogens is 1. The molecule has 1 aromatic heterocycles. The van der Waals surface area contributed by atoms with Crippen molar-refractivity contribution in [2.45, 2.75) is 26.8 Å². The van der Waals surface area contributed by atoms with Crippen molar-refractivity contribution in [1.82, 2.24) is 9.55 Å². The van der Waals surface area contributed by atoms with Crippen LogP contribution in [0.2, 0.25) is 10.0 Å². The van der Waals surface area contributed by atoms with Crippen molar-refractivity contribution in [2.75, 3.05) is 5.32 Å². The van der Waals surface area contributed by atoms with E-state index in [-0.39, 0.29) is 18.0 Å². The van der Waals surface area contributed by atoms with E-state index in [1.165, 1.54) is 4.57 Å². The van der Waals surface area contributed by atoms with Gasteiger partial charge in [-0.15, -0.1) is 0 Å². The molecule has 0 fully saturated rings. The summed E-state index contributed by atoms with van der Waals surface area (Å²) in [6.07, 6.45) is 0.168. The molecular formula is C14H15Cl2N3O2. The second-order valence-corrected chi connectivity index (χ2v) is 5.56. The molecule has 0 aliphatic carbocycles. The third-order valence-corrected chi connectivity index (χ3v) is 3.82. The first-order chi connectivity index (χ1) is 9.88. The number of nitrogens with zero attached hydrogens (tertiary/aromatic N) is 1. The lowest BCUT2D eigenvalue weighted by molar-refractivity contribution is -0.116. The molecule has 0 bridgehead atoms. The molecular weight excluding hydrogens is 313 g/mol. The fourth-order valence-electron chi connectivity index (χ4n) is 1.96. The van der Waals surface area contributed by atoms with Gasteiger partial charge in [0.25, 0.3) is 0 Å². The maximum atomic E-state index is 11.9. The highest BCUT2D eigenvalue weighted by molar-refractivity contribution is 6.35. The fourth-order valence-corrected chi connectivity index (χ4v) is 2.30. The number of anilines is 1. The summed E-state index contributed by atoms with van der Waals surface area (Å²) in [5.41, 5.74) is 1.88. The number of amides is 1. The Morgan fingerprint density at radius 3 is 2.67 bits per heavy atom. The highest BCUT2D eigenvalue weighted by atomic mass is 35.5. The minimum atomic E-state index is -0.232. The number of hydrogen-bond donors (Lipinski definition) is 2. The first-order valence-corrected chi connectivity index (χ1v) is 7.15. The molecule has 7 heteroatoms. The summed E-state index contributed by atoms with van der Waals surface area (Å²) in [7, 11) is 0. The summed E-state index contributed by atoms with van der Waals surface area (Å²) in [5.74, 6) is -0.232. The summed E-state index contributed by atoms with van der Waals surface area (Å²) in [5, 5.41) is 3.59. The monoisotopic (exact) mass is 327 g/mol. The van der Waals surface area contributed by atoms with E-state index in [0.29, 0.717) is 22.3 Å². The van der Waals surface area contributed by atoms with Gasteiger partial charge in [0.15, 0.2) is 0 Å². The van der Waals surface area contributed by atoms with Crippen LogP contribution in [0.1, 0.15) is 17.8 Å². The van der Waals surface area contributed by atoms with Crippen molar-refractivity contribution < 1.29 is 4.79 Å². The van der Waals surface area contributed by atoms with Crippen molar-refractivity contribution in [3.05, 3.63) is 50.1 Å². The molecule has 0 saturated carbocycles. The van der Waals surface area contributed by atoms with Crippen LogP contribution in [0.15, 0.2) is 23.0 Å². The Balaban J connectivity index is 2.02. The van der Waals surface area contributed by atoms with Gasteiger partial charge in [-0.2, -0.15) is 0 Å². The standard InChI is InChI=1S/C14H15Cl2N3O2/c1-8-9(2)19(14(21)17-8)6-5-13(20)18-12-7-10(15)3-4-11(12)16/h3-4,7H,5-6H2,1-2H3,(H,17,21)(H,18,20). The van der Waals surface area contributed by atoms with E-state index in [1.807, 2.05) is 13.8 Å². The maximum Gasteiger partial charge on any atom is 0.325 e. The molecule has 2 rings (SSSR count). The number of aryl methyl sites for hydroxylation is 1. The third kappa shape index (κ3) is 3.68. The van der Waals surface area contributed by atoms with Gasteiger partial charge in [-0.3, -0.25) is 9.36 Å². The second-order valence-electron chi connectivity index (χ2n) is 4.71. The second kappa shape index (κ2) is 6.37. The summed E-state index contributed by atoms with van der Waals surface area (Å²) >= 11 is 11.8. The highest BCUT2D eigenvalue weighted by Crippen LogP contribution is 2.25. The molecule has 0 saturated heterocycles. The van der Waals surface area contributed by atoms with E-state index in [1.54, 1.807) is 18.2 Å². The van der Waals surface area contributed by atoms with E-state index >= 15 is 0 Å². The number of benzene rings is 1. The molecule has 5 nitrogen and oxygen atoms in total. The number of carbonyl (C=O) groups is 1. The SMILES string of the molecule is Cc1[nH]c(=O)n(CCC(=O)Nc2cc(Cl)ccc2Cl)c1C. The Morgan fingerprint density at radius 1 is 1.33 bits per heavy atom. The van der Waals surface area contributed by atoms with Gasteiger partial charge in [-0.05, 0) is 32.0 Å². The molecule has 0 unspecified atom stereocenters. The number of rotatable bonds is 4. The third-order valence-electron chi connectivity index (χ3n) is 3.25. The molecule has 112 valence electrons. The molecule has 0 atom stereocenters. The average Bonchev–Trinajstić information content (AvgIpc) is 2.66. The van der Waals surface area contributed by atoms with Gasteiger partial charge in [0.05, 0.1) is 10.7 Å². The average molecular weight is 328 g/mol. The number of halogens is 2. The van der Waals surface area contributed by atoms with Gasteiger partial charge in [0.1, 0.15) is 0 Å². The molecule has 2 aromatic rings. The fraction of sp³-hybridized carbons (Fsp3) is 0.286. The lowest BCUT2D eigenvalue weighted by atomic mass is 10.3. The molecule has 1 aromatic carbocycles. The van der Waals surface area contributed by atoms with Crippen LogP contribution in [0.4, 0.5) is 5.69 Å². The molecule has 1 heterocycles. The smallest absolute Gasteiger partial charge is 0.325 e. The van der Waals surface area contributed by atoms with Gasteiger partial charge >= 0.3 is 5.69 Å². The van der Waals surface area contributed by atoms with Gasteiger partial charge in [-0.25, -0.2) is 4.79 Å². The number of hydrogen-bond acceptors (Lipinski definition) is 2. The molecule has 2 N–H and O–H groups in total. The predicted molar refractivity (Wildman–Crippen MR) is 84.2 cm³/mol.